The summed E-state index contributed by atoms with van der Waals surface area (Å²) in [5, 5.41) is 2.50. The summed E-state index contributed by atoms with van der Waals surface area (Å²) in [7, 11) is -3.17. The summed E-state index contributed by atoms with van der Waals surface area (Å²) in [4.78, 5) is 23.2. The van der Waals surface area contributed by atoms with Crippen molar-refractivity contribution >= 4 is 21.7 Å². The summed E-state index contributed by atoms with van der Waals surface area (Å²) >= 11 is 0. The molecule has 3 N–H and O–H groups in total. The summed E-state index contributed by atoms with van der Waals surface area (Å²) < 4.78 is 24.2. The third-order valence-corrected chi connectivity index (χ3v) is 6.91. The van der Waals surface area contributed by atoms with Gasteiger partial charge >= 0.3 is 0 Å². The Balaban J connectivity index is 1.80. The van der Waals surface area contributed by atoms with Gasteiger partial charge in [0.05, 0.1) is 16.9 Å². The summed E-state index contributed by atoms with van der Waals surface area (Å²) in [6.07, 6.45) is 5.61. The summed E-state index contributed by atoms with van der Waals surface area (Å²) in [5.74, 6) is -1.11. The standard InChI is InChI=1S/C14H24N2O4S/c15-14(18)11-6-3-7-12(11)16-13(17)8-9-21(19,20)10-4-1-2-5-10/h10-12H,1-9H2,(H2,15,18)(H,16,17). The Labute approximate surface area is 125 Å². The zero-order valence-electron chi connectivity index (χ0n) is 12.2. The highest BCUT2D eigenvalue weighted by atomic mass is 32.2. The van der Waals surface area contributed by atoms with Crippen LogP contribution < -0.4 is 11.1 Å². The topological polar surface area (TPSA) is 106 Å². The van der Waals surface area contributed by atoms with Crippen LogP contribution in [0.25, 0.3) is 0 Å². The van der Waals surface area contributed by atoms with Crippen molar-refractivity contribution in [2.45, 2.75) is 62.7 Å². The molecule has 0 heterocycles. The van der Waals surface area contributed by atoms with E-state index in [1.165, 1.54) is 0 Å². The lowest BCUT2D eigenvalue weighted by molar-refractivity contribution is -0.124. The molecule has 6 nitrogen and oxygen atoms in total. The highest BCUT2D eigenvalue weighted by Gasteiger charge is 2.33. The van der Waals surface area contributed by atoms with Crippen LogP contribution in [0.5, 0.6) is 0 Å². The van der Waals surface area contributed by atoms with Crippen LogP contribution in [0.2, 0.25) is 0 Å². The van der Waals surface area contributed by atoms with E-state index >= 15 is 0 Å². The Morgan fingerprint density at radius 3 is 2.33 bits per heavy atom. The molecule has 2 aliphatic rings. The van der Waals surface area contributed by atoms with E-state index < -0.39 is 15.7 Å². The van der Waals surface area contributed by atoms with Gasteiger partial charge < -0.3 is 11.1 Å². The van der Waals surface area contributed by atoms with E-state index in [1.54, 1.807) is 0 Å². The average Bonchev–Trinajstić information content (AvgIpc) is 3.07. The largest absolute Gasteiger partial charge is 0.369 e. The molecule has 7 heteroatoms. The Morgan fingerprint density at radius 1 is 1.05 bits per heavy atom. The lowest BCUT2D eigenvalue weighted by Gasteiger charge is -2.18. The van der Waals surface area contributed by atoms with Crippen molar-refractivity contribution in [3.63, 3.8) is 0 Å². The van der Waals surface area contributed by atoms with Crippen LogP contribution in [0.4, 0.5) is 0 Å². The minimum atomic E-state index is -3.17. The molecule has 2 unspecified atom stereocenters. The van der Waals surface area contributed by atoms with Gasteiger partial charge in [-0.3, -0.25) is 9.59 Å². The smallest absolute Gasteiger partial charge is 0.222 e. The highest BCUT2D eigenvalue weighted by molar-refractivity contribution is 7.92. The Kier molecular flexibility index (Phi) is 5.24. The predicted molar refractivity (Wildman–Crippen MR) is 79.1 cm³/mol. The first kappa shape index (κ1) is 16.3. The first-order valence-corrected chi connectivity index (χ1v) is 9.42. The fourth-order valence-corrected chi connectivity index (χ4v) is 5.26. The monoisotopic (exact) mass is 316 g/mol. The van der Waals surface area contributed by atoms with Crippen LogP contribution in [0.15, 0.2) is 0 Å². The number of nitrogens with two attached hydrogens (primary N) is 1. The molecule has 0 saturated heterocycles. The molecule has 2 atom stereocenters. The van der Waals surface area contributed by atoms with Gasteiger partial charge in [0.2, 0.25) is 11.8 Å². The van der Waals surface area contributed by atoms with Gasteiger partial charge in [-0.2, -0.15) is 0 Å². The maximum absolute atomic E-state index is 12.1. The number of hydrogen-bond acceptors (Lipinski definition) is 4. The van der Waals surface area contributed by atoms with E-state index in [-0.39, 0.29) is 35.3 Å². The maximum atomic E-state index is 12.1. The zero-order valence-corrected chi connectivity index (χ0v) is 13.0. The van der Waals surface area contributed by atoms with E-state index in [4.69, 9.17) is 5.73 Å². The van der Waals surface area contributed by atoms with Crippen LogP contribution in [0, 0.1) is 5.92 Å². The van der Waals surface area contributed by atoms with Gasteiger partial charge in [-0.15, -0.1) is 0 Å². The Bertz CT molecular complexity index is 497. The molecule has 2 saturated carbocycles. The van der Waals surface area contributed by atoms with E-state index in [0.717, 1.165) is 38.5 Å². The molecule has 2 aliphatic carbocycles. The van der Waals surface area contributed by atoms with Crippen LogP contribution in [0.3, 0.4) is 0 Å². The van der Waals surface area contributed by atoms with Gasteiger partial charge in [-0.1, -0.05) is 19.3 Å². The van der Waals surface area contributed by atoms with Crippen molar-refractivity contribution in [3.8, 4) is 0 Å². The number of primary amides is 1. The fraction of sp³-hybridized carbons (Fsp3) is 0.857. The summed E-state index contributed by atoms with van der Waals surface area (Å²) in [6, 6.07) is -0.232. The van der Waals surface area contributed by atoms with Gasteiger partial charge in [0.1, 0.15) is 0 Å². The molecule has 21 heavy (non-hydrogen) atoms. The number of sulfone groups is 1. The number of amides is 2. The second-order valence-electron chi connectivity index (χ2n) is 6.14. The van der Waals surface area contributed by atoms with Gasteiger partial charge in [-0.25, -0.2) is 8.42 Å². The minimum absolute atomic E-state index is 0.0270. The molecular weight excluding hydrogens is 292 g/mol. The van der Waals surface area contributed by atoms with Gasteiger partial charge in [0, 0.05) is 12.5 Å². The molecule has 0 radical (unpaired) electrons. The highest BCUT2D eigenvalue weighted by Crippen LogP contribution is 2.26. The number of nitrogens with one attached hydrogen (secondary N) is 1. The van der Waals surface area contributed by atoms with Crippen molar-refractivity contribution in [2.75, 3.05) is 5.75 Å². The number of hydrogen-bond donors (Lipinski definition) is 2. The molecule has 0 spiro atoms. The fourth-order valence-electron chi connectivity index (χ4n) is 3.40. The number of rotatable bonds is 6. The van der Waals surface area contributed by atoms with Crippen LogP contribution in [0.1, 0.15) is 51.4 Å². The quantitative estimate of drug-likeness (QED) is 0.744. The van der Waals surface area contributed by atoms with Gasteiger partial charge in [-0.05, 0) is 25.7 Å². The van der Waals surface area contributed by atoms with Crippen molar-refractivity contribution in [1.82, 2.24) is 5.32 Å². The second-order valence-corrected chi connectivity index (χ2v) is 8.54. The normalized spacial score (nSPS) is 26.9. The van der Waals surface area contributed by atoms with Gasteiger partial charge in [0.25, 0.3) is 0 Å². The number of carbonyl (C=O) groups is 2. The molecule has 0 bridgehead atoms. The van der Waals surface area contributed by atoms with Crippen molar-refractivity contribution in [2.24, 2.45) is 11.7 Å². The summed E-state index contributed by atoms with van der Waals surface area (Å²) in [6.45, 7) is 0. The molecule has 120 valence electrons. The van der Waals surface area contributed by atoms with E-state index in [9.17, 15) is 18.0 Å². The van der Waals surface area contributed by atoms with Crippen molar-refractivity contribution in [1.29, 1.82) is 0 Å². The van der Waals surface area contributed by atoms with Crippen molar-refractivity contribution in [3.05, 3.63) is 0 Å². The molecule has 0 aromatic rings. The SMILES string of the molecule is NC(=O)C1CCCC1NC(=O)CCS(=O)(=O)C1CCCC1. The van der Waals surface area contributed by atoms with Crippen LogP contribution in [-0.4, -0.2) is 37.3 Å². The molecule has 2 amide bonds. The van der Waals surface area contributed by atoms with Crippen LogP contribution in [-0.2, 0) is 19.4 Å². The van der Waals surface area contributed by atoms with E-state index in [0.29, 0.717) is 6.42 Å². The molecule has 2 rings (SSSR count). The Hall–Kier alpha value is -1.11. The molecule has 0 aliphatic heterocycles. The first-order valence-electron chi connectivity index (χ1n) is 7.70. The van der Waals surface area contributed by atoms with E-state index in [1.807, 2.05) is 0 Å². The predicted octanol–water partition coefficient (Wildman–Crippen LogP) is 0.504. The molecule has 2 fully saturated rings. The maximum Gasteiger partial charge on any atom is 0.222 e. The minimum Gasteiger partial charge on any atom is -0.369 e. The van der Waals surface area contributed by atoms with Crippen LogP contribution >= 0.6 is 0 Å². The molecular formula is C14H24N2O4S. The lowest BCUT2D eigenvalue weighted by Crippen LogP contribution is -2.42. The summed E-state index contributed by atoms with van der Waals surface area (Å²) in [5.41, 5.74) is 5.30. The molecule has 0 aromatic carbocycles. The Morgan fingerprint density at radius 2 is 1.71 bits per heavy atom. The second kappa shape index (κ2) is 6.77. The zero-order chi connectivity index (χ0) is 15.5. The molecule has 0 aromatic heterocycles. The lowest BCUT2D eigenvalue weighted by atomic mass is 10.0. The van der Waals surface area contributed by atoms with Crippen molar-refractivity contribution < 1.29 is 18.0 Å². The van der Waals surface area contributed by atoms with E-state index in [2.05, 4.69) is 5.32 Å². The third-order valence-electron chi connectivity index (χ3n) is 4.65. The number of carbonyl (C=O) groups excluding carboxylic acids is 2. The van der Waals surface area contributed by atoms with Gasteiger partial charge in [0.15, 0.2) is 9.84 Å². The third kappa shape index (κ3) is 4.18. The first-order chi connectivity index (χ1) is 9.90. The average molecular weight is 316 g/mol.